The number of alkyl halides is 2. The highest BCUT2D eigenvalue weighted by Gasteiger charge is 2.57. The molecule has 11 heteroatoms. The average Bonchev–Trinajstić information content (AvgIpc) is 2.97. The molecule has 0 spiro atoms. The van der Waals surface area contributed by atoms with E-state index in [1.807, 2.05) is 6.92 Å². The van der Waals surface area contributed by atoms with Gasteiger partial charge in [-0.1, -0.05) is 19.8 Å². The highest BCUT2D eigenvalue weighted by atomic mass is 79.9. The molecular weight excluding hydrogens is 479 g/mol. The maximum Gasteiger partial charge on any atom is 0.405 e. The summed E-state index contributed by atoms with van der Waals surface area (Å²) in [5.74, 6) is -1.20. The lowest BCUT2D eigenvalue weighted by Gasteiger charge is -2.25. The van der Waals surface area contributed by atoms with Crippen LogP contribution in [-0.2, 0) is 19.3 Å². The van der Waals surface area contributed by atoms with Crippen molar-refractivity contribution < 1.29 is 32.3 Å². The lowest BCUT2D eigenvalue weighted by Crippen LogP contribution is -2.18. The third-order valence-electron chi connectivity index (χ3n) is 3.92. The second kappa shape index (κ2) is 9.17. The molecule has 0 aliphatic carbocycles. The van der Waals surface area contributed by atoms with Crippen LogP contribution < -0.4 is 5.73 Å². The summed E-state index contributed by atoms with van der Waals surface area (Å²) in [4.78, 5) is 10.8. The van der Waals surface area contributed by atoms with E-state index < -0.39 is 24.0 Å². The number of hydrogen-bond acceptors (Lipinski definition) is 6. The van der Waals surface area contributed by atoms with Crippen LogP contribution in [0.4, 0.5) is 8.78 Å². The van der Waals surface area contributed by atoms with Gasteiger partial charge >= 0.3 is 13.3 Å². The van der Waals surface area contributed by atoms with E-state index in [1.54, 1.807) is 0 Å². The summed E-state index contributed by atoms with van der Waals surface area (Å²) < 4.78 is 53.5. The largest absolute Gasteiger partial charge is 0.506 e. The van der Waals surface area contributed by atoms with Crippen molar-refractivity contribution in [1.82, 2.24) is 0 Å². The quantitative estimate of drug-likeness (QED) is 0.310. The molecule has 28 heavy (non-hydrogen) atoms. The van der Waals surface area contributed by atoms with Gasteiger partial charge in [0.25, 0.3) is 0 Å². The molecule has 1 amide bonds. The topological polar surface area (TPSA) is 98.8 Å². The minimum absolute atomic E-state index is 0.0397. The van der Waals surface area contributed by atoms with E-state index in [0.29, 0.717) is 17.8 Å². The van der Waals surface area contributed by atoms with Crippen LogP contribution >= 0.6 is 34.9 Å². The van der Waals surface area contributed by atoms with Crippen molar-refractivity contribution in [2.75, 3.05) is 13.2 Å². The Bertz CT molecular complexity index is 921. The number of unbranched alkanes of at least 4 members (excludes halogenated alkanes) is 2. The average molecular weight is 500 g/mol. The maximum atomic E-state index is 15.3. The fraction of sp³-hybridized carbons (Fsp3) is 0.471. The van der Waals surface area contributed by atoms with Gasteiger partial charge in [0.1, 0.15) is 10.6 Å². The molecule has 0 fully saturated rings. The number of aromatic hydroxyl groups is 1. The van der Waals surface area contributed by atoms with Crippen LogP contribution in [0.3, 0.4) is 0 Å². The molecule has 2 rings (SSSR count). The molecule has 0 aliphatic heterocycles. The first kappa shape index (κ1) is 23.2. The SMILES string of the molecule is CCCCCOP(=O)(OCC)C(F)(F)c1sc2c(O)cc(C(N)=O)cc2c1Br. The Morgan fingerprint density at radius 1 is 1.32 bits per heavy atom. The number of primary amides is 1. The predicted molar refractivity (Wildman–Crippen MR) is 108 cm³/mol. The molecule has 0 bridgehead atoms. The van der Waals surface area contributed by atoms with Gasteiger partial charge in [-0.2, -0.15) is 8.78 Å². The Labute approximate surface area is 173 Å². The van der Waals surface area contributed by atoms with E-state index in [2.05, 4.69) is 15.9 Å². The Balaban J connectivity index is 2.54. The van der Waals surface area contributed by atoms with Crippen molar-refractivity contribution in [3.05, 3.63) is 27.0 Å². The number of fused-ring (bicyclic) bond motifs is 1. The van der Waals surface area contributed by atoms with Gasteiger partial charge in [0.05, 0.1) is 17.9 Å². The highest BCUT2D eigenvalue weighted by molar-refractivity contribution is 9.10. The van der Waals surface area contributed by atoms with E-state index in [-0.39, 0.29) is 39.1 Å². The van der Waals surface area contributed by atoms with Gasteiger partial charge < -0.3 is 19.9 Å². The van der Waals surface area contributed by atoms with Gasteiger partial charge in [-0.25, -0.2) is 0 Å². The van der Waals surface area contributed by atoms with Crippen molar-refractivity contribution in [2.24, 2.45) is 5.73 Å². The second-order valence-electron chi connectivity index (χ2n) is 5.98. The van der Waals surface area contributed by atoms with Gasteiger partial charge in [0, 0.05) is 15.4 Å². The number of hydrogen-bond donors (Lipinski definition) is 2. The molecule has 6 nitrogen and oxygen atoms in total. The van der Waals surface area contributed by atoms with Gasteiger partial charge in [-0.05, 0) is 41.4 Å². The number of benzene rings is 1. The summed E-state index contributed by atoms with van der Waals surface area (Å²) >= 11 is 3.62. The fourth-order valence-corrected chi connectivity index (χ4v) is 6.51. The summed E-state index contributed by atoms with van der Waals surface area (Å²) in [5.41, 5.74) is 1.21. The van der Waals surface area contributed by atoms with Crippen LogP contribution in [-0.4, -0.2) is 24.2 Å². The first-order valence-electron chi connectivity index (χ1n) is 8.61. The molecule has 2 aromatic rings. The van der Waals surface area contributed by atoms with E-state index in [4.69, 9.17) is 14.8 Å². The molecule has 3 N–H and O–H groups in total. The number of carbonyl (C=O) groups excluding carboxylic acids is 1. The van der Waals surface area contributed by atoms with Crippen LogP contribution in [0.25, 0.3) is 10.1 Å². The summed E-state index contributed by atoms with van der Waals surface area (Å²) in [6.45, 7) is 3.04. The molecule has 1 unspecified atom stereocenters. The minimum atomic E-state index is -4.84. The lowest BCUT2D eigenvalue weighted by molar-refractivity contribution is 0.0369. The van der Waals surface area contributed by atoms with Gasteiger partial charge in [-0.3, -0.25) is 9.36 Å². The van der Waals surface area contributed by atoms with Gasteiger partial charge in [0.15, 0.2) is 0 Å². The van der Waals surface area contributed by atoms with Gasteiger partial charge in [-0.15, -0.1) is 11.3 Å². The molecule has 1 heterocycles. The number of amides is 1. The standard InChI is InChI=1S/C17H21BrF2NO5PS/c1-3-5-6-7-26-27(24,25-4-2)17(19,20)15-13(18)11-8-10(16(21)23)9-12(22)14(11)28-15/h8-9,22H,3-7H2,1-2H3,(H2,21,23). The summed E-state index contributed by atoms with van der Waals surface area (Å²) in [7, 11) is -4.84. The first-order chi connectivity index (χ1) is 13.1. The van der Waals surface area contributed by atoms with E-state index in [1.165, 1.54) is 13.0 Å². The number of phenolic OH excluding ortho intramolecular Hbond substituents is 1. The summed E-state index contributed by atoms with van der Waals surface area (Å²) in [6.07, 6.45) is 2.07. The van der Waals surface area contributed by atoms with Crippen LogP contribution in [0.15, 0.2) is 16.6 Å². The Hall–Kier alpha value is -1.06. The third kappa shape index (κ3) is 4.41. The molecule has 1 aromatic carbocycles. The second-order valence-corrected chi connectivity index (χ2v) is 9.86. The molecule has 1 aromatic heterocycles. The number of carbonyl (C=O) groups is 1. The third-order valence-corrected chi connectivity index (χ3v) is 8.49. The monoisotopic (exact) mass is 499 g/mol. The number of halogens is 3. The molecule has 1 atom stereocenters. The molecule has 0 saturated heterocycles. The zero-order valence-corrected chi connectivity index (χ0v) is 18.6. The van der Waals surface area contributed by atoms with Crippen molar-refractivity contribution in [1.29, 1.82) is 0 Å². The molecule has 0 saturated carbocycles. The molecule has 0 aliphatic rings. The molecule has 0 radical (unpaired) electrons. The highest BCUT2D eigenvalue weighted by Crippen LogP contribution is 2.69. The first-order valence-corrected chi connectivity index (χ1v) is 11.8. The van der Waals surface area contributed by atoms with Crippen molar-refractivity contribution in [3.63, 3.8) is 0 Å². The zero-order chi connectivity index (χ0) is 21.1. The maximum absolute atomic E-state index is 15.3. The number of rotatable bonds is 10. The van der Waals surface area contributed by atoms with Crippen molar-refractivity contribution in [2.45, 2.75) is 38.8 Å². The van der Waals surface area contributed by atoms with Gasteiger partial charge in [0.2, 0.25) is 5.91 Å². The fourth-order valence-electron chi connectivity index (χ4n) is 2.52. The van der Waals surface area contributed by atoms with Crippen molar-refractivity contribution in [3.8, 4) is 5.75 Å². The van der Waals surface area contributed by atoms with E-state index in [0.717, 1.165) is 18.9 Å². The minimum Gasteiger partial charge on any atom is -0.506 e. The Morgan fingerprint density at radius 2 is 2.00 bits per heavy atom. The van der Waals surface area contributed by atoms with Crippen LogP contribution in [0.1, 0.15) is 48.3 Å². The summed E-state index contributed by atoms with van der Waals surface area (Å²) in [6, 6.07) is 2.38. The Kier molecular flexibility index (Phi) is 7.61. The number of nitrogens with two attached hydrogens (primary N) is 1. The smallest absolute Gasteiger partial charge is 0.405 e. The lowest BCUT2D eigenvalue weighted by atomic mass is 10.1. The normalized spacial score (nSPS) is 14.3. The van der Waals surface area contributed by atoms with Crippen molar-refractivity contribution >= 4 is 50.9 Å². The van der Waals surface area contributed by atoms with E-state index >= 15 is 8.78 Å². The predicted octanol–water partition coefficient (Wildman–Crippen LogP) is 5.95. The summed E-state index contributed by atoms with van der Waals surface area (Å²) in [5, 5.41) is 10.3. The van der Waals surface area contributed by atoms with Crippen LogP contribution in [0, 0.1) is 0 Å². The Morgan fingerprint density at radius 3 is 2.57 bits per heavy atom. The zero-order valence-electron chi connectivity index (χ0n) is 15.3. The number of phenols is 1. The molecular formula is C17H21BrF2NO5PS. The van der Waals surface area contributed by atoms with Crippen LogP contribution in [0.2, 0.25) is 0 Å². The number of thiophene rings is 1. The molecule has 156 valence electrons. The van der Waals surface area contributed by atoms with E-state index in [9.17, 15) is 14.5 Å². The van der Waals surface area contributed by atoms with Crippen LogP contribution in [0.5, 0.6) is 5.75 Å².